The van der Waals surface area contributed by atoms with Crippen molar-refractivity contribution in [1.29, 1.82) is 0 Å². The Kier molecular flexibility index (Phi) is 5.37. The van der Waals surface area contributed by atoms with Crippen LogP contribution < -0.4 is 0 Å². The standard InChI is InChI=1S/C14H13ClN4OS3/c1-19(7-9-4-5-11(15)23-9)12(20)8-22-14-16-13(17-18-14)10-3-2-6-21-10/h2-6H,7-8H2,1H3,(H,16,17,18). The zero-order valence-electron chi connectivity index (χ0n) is 12.2. The van der Waals surface area contributed by atoms with Gasteiger partial charge in [0.15, 0.2) is 5.82 Å². The summed E-state index contributed by atoms with van der Waals surface area (Å²) in [6, 6.07) is 7.72. The lowest BCUT2D eigenvalue weighted by atomic mass is 10.4. The van der Waals surface area contributed by atoms with Gasteiger partial charge in [-0.15, -0.1) is 27.8 Å². The Morgan fingerprint density at radius 1 is 1.43 bits per heavy atom. The molecule has 0 aliphatic carbocycles. The van der Waals surface area contributed by atoms with Gasteiger partial charge in [0, 0.05) is 11.9 Å². The molecule has 0 bridgehead atoms. The molecule has 0 atom stereocenters. The van der Waals surface area contributed by atoms with Gasteiger partial charge in [-0.2, -0.15) is 0 Å². The van der Waals surface area contributed by atoms with Gasteiger partial charge in [-0.05, 0) is 23.6 Å². The second-order valence-electron chi connectivity index (χ2n) is 4.69. The van der Waals surface area contributed by atoms with Gasteiger partial charge in [0.25, 0.3) is 0 Å². The Morgan fingerprint density at radius 2 is 2.30 bits per heavy atom. The van der Waals surface area contributed by atoms with E-state index in [-0.39, 0.29) is 5.91 Å². The van der Waals surface area contributed by atoms with Gasteiger partial charge in [0.05, 0.1) is 21.5 Å². The smallest absolute Gasteiger partial charge is 0.233 e. The normalized spacial score (nSPS) is 10.9. The number of halogens is 1. The summed E-state index contributed by atoms with van der Waals surface area (Å²) in [7, 11) is 1.78. The molecule has 0 spiro atoms. The Morgan fingerprint density at radius 3 is 3.00 bits per heavy atom. The van der Waals surface area contributed by atoms with E-state index in [1.165, 1.54) is 23.1 Å². The molecule has 0 saturated heterocycles. The maximum atomic E-state index is 12.2. The van der Waals surface area contributed by atoms with E-state index in [0.29, 0.717) is 17.5 Å². The zero-order chi connectivity index (χ0) is 16.2. The molecule has 5 nitrogen and oxygen atoms in total. The lowest BCUT2D eigenvalue weighted by Gasteiger charge is -2.15. The highest BCUT2D eigenvalue weighted by Crippen LogP contribution is 2.24. The number of H-pyrrole nitrogens is 1. The molecule has 3 aromatic rings. The van der Waals surface area contributed by atoms with Crippen LogP contribution in [0.3, 0.4) is 0 Å². The quantitative estimate of drug-likeness (QED) is 0.652. The molecular formula is C14H13ClN4OS3. The maximum absolute atomic E-state index is 12.2. The molecular weight excluding hydrogens is 372 g/mol. The molecule has 0 fully saturated rings. The van der Waals surface area contributed by atoms with Crippen molar-refractivity contribution < 1.29 is 4.79 Å². The summed E-state index contributed by atoms with van der Waals surface area (Å²) >= 11 is 10.3. The number of rotatable bonds is 6. The molecule has 0 saturated carbocycles. The number of carbonyl (C=O) groups excluding carboxylic acids is 1. The topological polar surface area (TPSA) is 61.9 Å². The summed E-state index contributed by atoms with van der Waals surface area (Å²) in [5, 5.41) is 9.60. The number of nitrogens with zero attached hydrogens (tertiary/aromatic N) is 3. The van der Waals surface area contributed by atoms with E-state index in [1.54, 1.807) is 23.3 Å². The van der Waals surface area contributed by atoms with Crippen molar-refractivity contribution in [2.75, 3.05) is 12.8 Å². The molecule has 0 unspecified atom stereocenters. The number of amides is 1. The molecule has 0 radical (unpaired) electrons. The van der Waals surface area contributed by atoms with Crippen molar-refractivity contribution in [3.63, 3.8) is 0 Å². The first kappa shape index (κ1) is 16.5. The highest BCUT2D eigenvalue weighted by molar-refractivity contribution is 7.99. The van der Waals surface area contributed by atoms with Crippen molar-refractivity contribution in [3.8, 4) is 10.7 Å². The predicted molar refractivity (Wildman–Crippen MR) is 96.2 cm³/mol. The van der Waals surface area contributed by atoms with Crippen LogP contribution in [0.5, 0.6) is 0 Å². The average Bonchev–Trinajstić information content (AvgIpc) is 3.26. The first-order valence-corrected chi connectivity index (χ1v) is 9.75. The second-order valence-corrected chi connectivity index (χ2v) is 8.38. The lowest BCUT2D eigenvalue weighted by molar-refractivity contribution is -0.127. The molecule has 0 aliphatic rings. The summed E-state index contributed by atoms with van der Waals surface area (Å²) in [5.74, 6) is 1.07. The van der Waals surface area contributed by atoms with E-state index >= 15 is 0 Å². The Hall–Kier alpha value is -1.35. The van der Waals surface area contributed by atoms with E-state index in [9.17, 15) is 4.79 Å². The SMILES string of the molecule is CN(Cc1ccc(Cl)s1)C(=O)CSc1n[nH]c(-c2cccs2)n1. The third-order valence-electron chi connectivity index (χ3n) is 2.99. The van der Waals surface area contributed by atoms with Crippen LogP contribution in [-0.4, -0.2) is 38.8 Å². The van der Waals surface area contributed by atoms with E-state index in [1.807, 2.05) is 29.6 Å². The fourth-order valence-corrected chi connectivity index (χ4v) is 4.37. The number of hydrogen-bond acceptors (Lipinski definition) is 6. The van der Waals surface area contributed by atoms with Crippen molar-refractivity contribution in [2.24, 2.45) is 0 Å². The van der Waals surface area contributed by atoms with Crippen LogP contribution in [0, 0.1) is 0 Å². The van der Waals surface area contributed by atoms with E-state index < -0.39 is 0 Å². The highest BCUT2D eigenvalue weighted by atomic mass is 35.5. The first-order chi connectivity index (χ1) is 11.1. The monoisotopic (exact) mass is 384 g/mol. The van der Waals surface area contributed by atoms with Gasteiger partial charge >= 0.3 is 0 Å². The minimum absolute atomic E-state index is 0.0296. The number of hydrogen-bond donors (Lipinski definition) is 1. The summed E-state index contributed by atoms with van der Waals surface area (Å²) in [4.78, 5) is 20.3. The first-order valence-electron chi connectivity index (χ1n) is 6.69. The van der Waals surface area contributed by atoms with E-state index in [0.717, 1.165) is 19.9 Å². The largest absolute Gasteiger partial charge is 0.340 e. The molecule has 3 aromatic heterocycles. The minimum Gasteiger partial charge on any atom is -0.340 e. The van der Waals surface area contributed by atoms with Crippen LogP contribution in [-0.2, 0) is 11.3 Å². The number of aromatic amines is 1. The zero-order valence-corrected chi connectivity index (χ0v) is 15.4. The third-order valence-corrected chi connectivity index (χ3v) is 5.92. The number of nitrogens with one attached hydrogen (secondary N) is 1. The molecule has 120 valence electrons. The summed E-state index contributed by atoms with van der Waals surface area (Å²) < 4.78 is 0.733. The van der Waals surface area contributed by atoms with E-state index in [2.05, 4.69) is 15.2 Å². The Labute approximate surface area is 150 Å². The molecule has 0 aromatic carbocycles. The van der Waals surface area contributed by atoms with Gasteiger partial charge in [-0.3, -0.25) is 9.89 Å². The summed E-state index contributed by atoms with van der Waals surface area (Å²) in [6.07, 6.45) is 0. The molecule has 1 amide bonds. The van der Waals surface area contributed by atoms with Gasteiger partial charge in [-0.25, -0.2) is 4.98 Å². The molecule has 1 N–H and O–H groups in total. The Balaban J connectivity index is 1.52. The second kappa shape index (κ2) is 7.48. The van der Waals surface area contributed by atoms with Crippen molar-refractivity contribution in [1.82, 2.24) is 20.1 Å². The van der Waals surface area contributed by atoms with Crippen LogP contribution in [0.1, 0.15) is 4.88 Å². The minimum atomic E-state index is 0.0296. The van der Waals surface area contributed by atoms with Crippen LogP contribution in [0.15, 0.2) is 34.8 Å². The van der Waals surface area contributed by atoms with Crippen LogP contribution in [0.4, 0.5) is 0 Å². The van der Waals surface area contributed by atoms with Crippen molar-refractivity contribution in [3.05, 3.63) is 38.9 Å². The third kappa shape index (κ3) is 4.35. The molecule has 3 heterocycles. The number of thiophene rings is 2. The fraction of sp³-hybridized carbons (Fsp3) is 0.214. The number of aromatic nitrogens is 3. The predicted octanol–water partition coefficient (Wildman–Crippen LogP) is 4.00. The van der Waals surface area contributed by atoms with Crippen molar-refractivity contribution >= 4 is 51.9 Å². The van der Waals surface area contributed by atoms with Crippen molar-refractivity contribution in [2.45, 2.75) is 11.7 Å². The van der Waals surface area contributed by atoms with Gasteiger partial charge in [-0.1, -0.05) is 29.4 Å². The maximum Gasteiger partial charge on any atom is 0.233 e. The van der Waals surface area contributed by atoms with Crippen LogP contribution >= 0.6 is 46.0 Å². The highest BCUT2D eigenvalue weighted by Gasteiger charge is 2.13. The van der Waals surface area contributed by atoms with E-state index in [4.69, 9.17) is 11.6 Å². The Bertz CT molecular complexity index is 784. The summed E-state index contributed by atoms with van der Waals surface area (Å²) in [6.45, 7) is 0.561. The molecule has 23 heavy (non-hydrogen) atoms. The number of thioether (sulfide) groups is 1. The molecule has 9 heteroatoms. The molecule has 3 rings (SSSR count). The van der Waals surface area contributed by atoms with Gasteiger partial charge < -0.3 is 4.90 Å². The lowest BCUT2D eigenvalue weighted by Crippen LogP contribution is -2.27. The average molecular weight is 385 g/mol. The van der Waals surface area contributed by atoms with Gasteiger partial charge in [0.2, 0.25) is 11.1 Å². The van der Waals surface area contributed by atoms with Crippen LogP contribution in [0.2, 0.25) is 4.34 Å². The van der Waals surface area contributed by atoms with Gasteiger partial charge in [0.1, 0.15) is 0 Å². The number of carbonyl (C=O) groups is 1. The molecule has 0 aliphatic heterocycles. The van der Waals surface area contributed by atoms with Crippen LogP contribution in [0.25, 0.3) is 10.7 Å². The summed E-state index contributed by atoms with van der Waals surface area (Å²) in [5.41, 5.74) is 0. The fourth-order valence-electron chi connectivity index (χ4n) is 1.83.